The highest BCUT2D eigenvalue weighted by molar-refractivity contribution is 5.93. The number of nitrogens with zero attached hydrogens (tertiary/aromatic N) is 3. The first-order valence-corrected chi connectivity index (χ1v) is 6.81. The summed E-state index contributed by atoms with van der Waals surface area (Å²) in [5.74, 6) is 0.146. The van der Waals surface area contributed by atoms with Crippen molar-refractivity contribution in [2.24, 2.45) is 5.92 Å². The van der Waals surface area contributed by atoms with Crippen molar-refractivity contribution in [1.82, 2.24) is 9.97 Å². The first kappa shape index (κ1) is 12.8. The van der Waals surface area contributed by atoms with E-state index < -0.39 is 5.97 Å². The van der Waals surface area contributed by atoms with Crippen LogP contribution >= 0.6 is 0 Å². The molecule has 0 aliphatic heterocycles. The summed E-state index contributed by atoms with van der Waals surface area (Å²) in [6, 6.07) is 7.89. The molecule has 1 aliphatic carbocycles. The summed E-state index contributed by atoms with van der Waals surface area (Å²) < 4.78 is 0. The molecule has 0 amide bonds. The number of benzene rings is 1. The van der Waals surface area contributed by atoms with Crippen molar-refractivity contribution in [2.45, 2.75) is 25.8 Å². The quantitative estimate of drug-likeness (QED) is 0.925. The molecule has 1 fully saturated rings. The minimum Gasteiger partial charge on any atom is -0.475 e. The van der Waals surface area contributed by atoms with Crippen molar-refractivity contribution in [1.29, 1.82) is 0 Å². The minimum atomic E-state index is -1.09. The fourth-order valence-electron chi connectivity index (χ4n) is 2.51. The number of aromatic carboxylic acids is 1. The summed E-state index contributed by atoms with van der Waals surface area (Å²) in [4.78, 5) is 21.6. The Hall–Kier alpha value is -2.17. The Bertz CT molecular complexity index is 667. The third-order valence-corrected chi connectivity index (χ3v) is 4.02. The number of carboxylic acid groups (broad SMARTS) is 1. The van der Waals surface area contributed by atoms with Crippen LogP contribution in [0, 0.1) is 5.92 Å². The molecule has 3 rings (SSSR count). The second kappa shape index (κ2) is 4.74. The third-order valence-electron chi connectivity index (χ3n) is 4.02. The molecule has 0 saturated heterocycles. The lowest BCUT2D eigenvalue weighted by atomic mass is 10.1. The second-order valence-electron chi connectivity index (χ2n) is 5.38. The third kappa shape index (κ3) is 2.19. The van der Waals surface area contributed by atoms with Gasteiger partial charge in [0.15, 0.2) is 0 Å². The molecule has 1 unspecified atom stereocenters. The number of hydrogen-bond acceptors (Lipinski definition) is 4. The van der Waals surface area contributed by atoms with Gasteiger partial charge in [0.1, 0.15) is 5.82 Å². The van der Waals surface area contributed by atoms with Gasteiger partial charge in [0, 0.05) is 18.5 Å². The predicted octanol–water partition coefficient (Wildman–Crippen LogP) is 2.56. The van der Waals surface area contributed by atoms with Gasteiger partial charge in [-0.15, -0.1) is 0 Å². The fourth-order valence-corrected chi connectivity index (χ4v) is 2.51. The molecule has 1 atom stereocenters. The molecule has 5 nitrogen and oxygen atoms in total. The number of fused-ring (bicyclic) bond motifs is 1. The Balaban J connectivity index is 2.13. The molecule has 20 heavy (non-hydrogen) atoms. The van der Waals surface area contributed by atoms with E-state index in [4.69, 9.17) is 5.11 Å². The van der Waals surface area contributed by atoms with Crippen LogP contribution in [0.3, 0.4) is 0 Å². The van der Waals surface area contributed by atoms with Gasteiger partial charge in [0.2, 0.25) is 5.82 Å². The van der Waals surface area contributed by atoms with Crippen molar-refractivity contribution < 1.29 is 9.90 Å². The number of hydrogen-bond donors (Lipinski definition) is 1. The first-order chi connectivity index (χ1) is 9.58. The molecule has 0 spiro atoms. The second-order valence-corrected chi connectivity index (χ2v) is 5.38. The maximum atomic E-state index is 11.2. The maximum absolute atomic E-state index is 11.2. The van der Waals surface area contributed by atoms with E-state index >= 15 is 0 Å². The minimum absolute atomic E-state index is 0.145. The Morgan fingerprint density at radius 2 is 2.05 bits per heavy atom. The predicted molar refractivity (Wildman–Crippen MR) is 77.1 cm³/mol. The van der Waals surface area contributed by atoms with Gasteiger partial charge in [-0.25, -0.2) is 14.8 Å². The van der Waals surface area contributed by atoms with Crippen LogP contribution < -0.4 is 4.90 Å². The SMILES string of the molecule is CC(C1CC1)N(C)c1nc(C(=O)O)nc2ccccc12. The Morgan fingerprint density at radius 3 is 2.70 bits per heavy atom. The maximum Gasteiger partial charge on any atom is 0.374 e. The Kier molecular flexibility index (Phi) is 3.04. The summed E-state index contributed by atoms with van der Waals surface area (Å²) in [6.07, 6.45) is 2.47. The molecule has 1 aliphatic rings. The molecule has 1 aromatic heterocycles. The number of para-hydroxylation sites is 1. The lowest BCUT2D eigenvalue weighted by molar-refractivity contribution is 0.0684. The summed E-state index contributed by atoms with van der Waals surface area (Å²) in [5, 5.41) is 10.1. The van der Waals surface area contributed by atoms with Crippen LogP contribution in [0.1, 0.15) is 30.4 Å². The molecule has 1 saturated carbocycles. The van der Waals surface area contributed by atoms with E-state index in [1.54, 1.807) is 0 Å². The average Bonchev–Trinajstić information content (AvgIpc) is 3.29. The van der Waals surface area contributed by atoms with Gasteiger partial charge in [-0.3, -0.25) is 0 Å². The zero-order valence-corrected chi connectivity index (χ0v) is 11.6. The number of anilines is 1. The molecule has 1 N–H and O–H groups in total. The molecule has 2 aromatic rings. The zero-order chi connectivity index (χ0) is 14.3. The Labute approximate surface area is 117 Å². The zero-order valence-electron chi connectivity index (χ0n) is 11.6. The van der Waals surface area contributed by atoms with Crippen molar-refractivity contribution in [2.75, 3.05) is 11.9 Å². The average molecular weight is 271 g/mol. The highest BCUT2D eigenvalue weighted by Crippen LogP contribution is 2.37. The molecule has 104 valence electrons. The molecule has 0 radical (unpaired) electrons. The van der Waals surface area contributed by atoms with Gasteiger partial charge < -0.3 is 10.0 Å². The van der Waals surface area contributed by atoms with Crippen LogP contribution in [0.25, 0.3) is 10.9 Å². The van der Waals surface area contributed by atoms with E-state index in [1.807, 2.05) is 31.3 Å². The summed E-state index contributed by atoms with van der Waals surface area (Å²) in [6.45, 7) is 2.16. The number of rotatable bonds is 4. The summed E-state index contributed by atoms with van der Waals surface area (Å²) in [7, 11) is 1.98. The normalized spacial score (nSPS) is 16.1. The van der Waals surface area contributed by atoms with E-state index in [2.05, 4.69) is 21.8 Å². The van der Waals surface area contributed by atoms with Gasteiger partial charge in [-0.1, -0.05) is 12.1 Å². The lowest BCUT2D eigenvalue weighted by Gasteiger charge is -2.27. The van der Waals surface area contributed by atoms with E-state index in [0.717, 1.165) is 5.39 Å². The van der Waals surface area contributed by atoms with Crippen molar-refractivity contribution in [3.05, 3.63) is 30.1 Å². The smallest absolute Gasteiger partial charge is 0.374 e. The van der Waals surface area contributed by atoms with Gasteiger partial charge in [-0.2, -0.15) is 0 Å². The van der Waals surface area contributed by atoms with E-state index in [9.17, 15) is 4.79 Å². The Morgan fingerprint density at radius 1 is 1.35 bits per heavy atom. The number of carboxylic acids is 1. The summed E-state index contributed by atoms with van der Waals surface area (Å²) in [5.41, 5.74) is 0.671. The highest BCUT2D eigenvalue weighted by atomic mass is 16.4. The van der Waals surface area contributed by atoms with Crippen LogP contribution in [-0.4, -0.2) is 34.1 Å². The lowest BCUT2D eigenvalue weighted by Crippen LogP contribution is -2.32. The largest absolute Gasteiger partial charge is 0.475 e. The fraction of sp³-hybridized carbons (Fsp3) is 0.400. The molecular formula is C15H17N3O2. The van der Waals surface area contributed by atoms with Crippen LogP contribution in [0.15, 0.2) is 24.3 Å². The van der Waals surface area contributed by atoms with Crippen LogP contribution in [0.2, 0.25) is 0 Å². The molecule has 5 heteroatoms. The van der Waals surface area contributed by atoms with Gasteiger partial charge in [0.05, 0.1) is 5.52 Å². The molecule has 1 aromatic carbocycles. The number of carbonyl (C=O) groups is 1. The molecule has 1 heterocycles. The van der Waals surface area contributed by atoms with E-state index in [0.29, 0.717) is 23.3 Å². The first-order valence-electron chi connectivity index (χ1n) is 6.81. The van der Waals surface area contributed by atoms with Crippen molar-refractivity contribution in [3.8, 4) is 0 Å². The monoisotopic (exact) mass is 271 g/mol. The van der Waals surface area contributed by atoms with E-state index in [1.165, 1.54) is 12.8 Å². The van der Waals surface area contributed by atoms with Gasteiger partial charge >= 0.3 is 5.97 Å². The van der Waals surface area contributed by atoms with Crippen molar-refractivity contribution >= 4 is 22.7 Å². The number of aromatic nitrogens is 2. The van der Waals surface area contributed by atoms with Crippen LogP contribution in [-0.2, 0) is 0 Å². The topological polar surface area (TPSA) is 66.3 Å². The molecular weight excluding hydrogens is 254 g/mol. The summed E-state index contributed by atoms with van der Waals surface area (Å²) >= 11 is 0. The van der Waals surface area contributed by atoms with Crippen LogP contribution in [0.4, 0.5) is 5.82 Å². The van der Waals surface area contributed by atoms with Crippen LogP contribution in [0.5, 0.6) is 0 Å². The van der Waals surface area contributed by atoms with Gasteiger partial charge in [-0.05, 0) is 37.8 Å². The standard InChI is InChI=1S/C15H17N3O2/c1-9(10-7-8-10)18(2)14-11-5-3-4-6-12(11)16-13(17-14)15(19)20/h3-6,9-10H,7-8H2,1-2H3,(H,19,20). The van der Waals surface area contributed by atoms with E-state index in [-0.39, 0.29) is 5.82 Å². The molecule has 0 bridgehead atoms. The van der Waals surface area contributed by atoms with Gasteiger partial charge in [0.25, 0.3) is 0 Å². The van der Waals surface area contributed by atoms with Crippen molar-refractivity contribution in [3.63, 3.8) is 0 Å². The highest BCUT2D eigenvalue weighted by Gasteiger charge is 2.32.